The molecule has 0 bridgehead atoms. The van der Waals surface area contributed by atoms with Gasteiger partial charge in [-0.1, -0.05) is 33.6 Å². The zero-order valence-corrected chi connectivity index (χ0v) is 21.5. The summed E-state index contributed by atoms with van der Waals surface area (Å²) < 4.78 is 3.19. The van der Waals surface area contributed by atoms with Crippen molar-refractivity contribution < 1.29 is 9.59 Å². The van der Waals surface area contributed by atoms with Gasteiger partial charge in [0.2, 0.25) is 5.91 Å². The van der Waals surface area contributed by atoms with Crippen LogP contribution in [0.2, 0.25) is 0 Å². The summed E-state index contributed by atoms with van der Waals surface area (Å²) in [6.45, 7) is 9.83. The third kappa shape index (κ3) is 4.35. The number of fused-ring (bicyclic) bond motifs is 3. The summed E-state index contributed by atoms with van der Waals surface area (Å²) in [6, 6.07) is 4.26. The van der Waals surface area contributed by atoms with E-state index in [-0.39, 0.29) is 17.9 Å². The third-order valence-electron chi connectivity index (χ3n) is 7.58. The summed E-state index contributed by atoms with van der Waals surface area (Å²) in [6.07, 6.45) is 5.48. The highest BCUT2D eigenvalue weighted by Gasteiger charge is 2.48. The van der Waals surface area contributed by atoms with E-state index >= 15 is 0 Å². The Bertz CT molecular complexity index is 968. The monoisotopic (exact) mass is 475 g/mol. The molecule has 1 saturated carbocycles. The van der Waals surface area contributed by atoms with Crippen molar-refractivity contribution in [2.75, 3.05) is 18.1 Å². The second kappa shape index (κ2) is 9.80. The maximum atomic E-state index is 13.8. The highest BCUT2D eigenvalue weighted by Crippen LogP contribution is 2.35. The minimum absolute atomic E-state index is 0.000686. The first-order valence-corrected chi connectivity index (χ1v) is 14.2. The van der Waals surface area contributed by atoms with E-state index in [1.165, 1.54) is 6.42 Å². The van der Waals surface area contributed by atoms with Crippen LogP contribution in [0.1, 0.15) is 70.3 Å². The lowest BCUT2D eigenvalue weighted by Gasteiger charge is -2.45. The quantitative estimate of drug-likeness (QED) is 0.521. The van der Waals surface area contributed by atoms with Crippen LogP contribution in [-0.4, -0.2) is 50.9 Å². The van der Waals surface area contributed by atoms with Crippen molar-refractivity contribution in [1.29, 1.82) is 0 Å². The molecule has 4 atom stereocenters. The van der Waals surface area contributed by atoms with Crippen molar-refractivity contribution in [2.24, 2.45) is 11.8 Å². The fourth-order valence-electron chi connectivity index (χ4n) is 5.30. The van der Waals surface area contributed by atoms with Crippen molar-refractivity contribution in [3.8, 4) is 0 Å². The molecular weight excluding hydrogens is 438 g/mol. The average molecular weight is 476 g/mol. The van der Waals surface area contributed by atoms with Gasteiger partial charge in [0.1, 0.15) is 11.2 Å². The van der Waals surface area contributed by atoms with Crippen molar-refractivity contribution >= 4 is 45.1 Å². The predicted molar refractivity (Wildman–Crippen MR) is 136 cm³/mol. The van der Waals surface area contributed by atoms with Gasteiger partial charge in [-0.05, 0) is 67.0 Å². The largest absolute Gasteiger partial charge is 0.351 e. The molecule has 32 heavy (non-hydrogen) atoms. The number of hydrogen-bond acceptors (Lipinski definition) is 4. The molecule has 0 saturated heterocycles. The zero-order chi connectivity index (χ0) is 22.9. The average Bonchev–Trinajstić information content (AvgIpc) is 3.36. The van der Waals surface area contributed by atoms with Crippen LogP contribution < -0.4 is 5.32 Å². The normalized spacial score (nSPS) is 28.2. The van der Waals surface area contributed by atoms with Gasteiger partial charge < -0.3 is 14.8 Å². The molecule has 2 aromatic heterocycles. The van der Waals surface area contributed by atoms with Crippen LogP contribution in [0.3, 0.4) is 0 Å². The maximum Gasteiger partial charge on any atom is 0.271 e. The Hall–Kier alpha value is -1.47. The molecule has 2 aromatic rings. The molecule has 176 valence electrons. The summed E-state index contributed by atoms with van der Waals surface area (Å²) in [7, 11) is 0. The van der Waals surface area contributed by atoms with E-state index in [9.17, 15) is 9.59 Å². The second-order valence-electron chi connectivity index (χ2n) is 9.83. The lowest BCUT2D eigenvalue weighted by molar-refractivity contribution is -0.134. The SMILES string of the molecule is CCCSCCCN1C(=O)c2cc3sccc3n2C[C@]1(C)C(=O)N[C@@H]1CCC[C@@H](C)[C@@H]1C. The van der Waals surface area contributed by atoms with Gasteiger partial charge in [0.05, 0.1) is 16.8 Å². The molecule has 1 aliphatic carbocycles. The molecule has 0 unspecified atom stereocenters. The fraction of sp³-hybridized carbons (Fsp3) is 0.680. The first-order chi connectivity index (χ1) is 15.4. The van der Waals surface area contributed by atoms with Gasteiger partial charge in [-0.2, -0.15) is 11.8 Å². The number of thioether (sulfide) groups is 1. The standard InChI is InChI=1S/C25H37N3O2S2/c1-5-12-31-13-7-11-28-23(29)21-15-22-20(10-14-32-22)27(21)16-25(28,4)24(30)26-19-9-6-8-17(2)18(19)3/h10,14-15,17-19H,5-9,11-13,16H2,1-4H3,(H,26,30)/t17-,18+,19-,25-/m1/s1. The molecule has 1 aliphatic heterocycles. The zero-order valence-electron chi connectivity index (χ0n) is 19.9. The van der Waals surface area contributed by atoms with Crippen LogP contribution >= 0.6 is 23.1 Å². The van der Waals surface area contributed by atoms with Crippen molar-refractivity contribution in [1.82, 2.24) is 14.8 Å². The van der Waals surface area contributed by atoms with E-state index in [0.29, 0.717) is 24.9 Å². The molecule has 7 heteroatoms. The van der Waals surface area contributed by atoms with Gasteiger partial charge >= 0.3 is 0 Å². The smallest absolute Gasteiger partial charge is 0.271 e. The molecule has 4 rings (SSSR count). The second-order valence-corrected chi connectivity index (χ2v) is 12.0. The van der Waals surface area contributed by atoms with Gasteiger partial charge in [-0.15, -0.1) is 11.3 Å². The van der Waals surface area contributed by atoms with E-state index in [0.717, 1.165) is 53.1 Å². The van der Waals surface area contributed by atoms with E-state index < -0.39 is 5.54 Å². The minimum Gasteiger partial charge on any atom is -0.351 e. The minimum atomic E-state index is -0.881. The highest BCUT2D eigenvalue weighted by atomic mass is 32.2. The molecule has 2 amide bonds. The lowest BCUT2D eigenvalue weighted by atomic mass is 9.77. The third-order valence-corrected chi connectivity index (χ3v) is 9.71. The predicted octanol–water partition coefficient (Wildman–Crippen LogP) is 5.39. The Morgan fingerprint density at radius 3 is 2.91 bits per heavy atom. The first-order valence-electron chi connectivity index (χ1n) is 12.1. The van der Waals surface area contributed by atoms with Crippen molar-refractivity contribution in [2.45, 2.75) is 77.9 Å². The number of carbonyl (C=O) groups is 2. The summed E-state index contributed by atoms with van der Waals surface area (Å²) in [5, 5.41) is 5.44. The van der Waals surface area contributed by atoms with Crippen LogP contribution in [0.15, 0.2) is 17.5 Å². The van der Waals surface area contributed by atoms with E-state index in [4.69, 9.17) is 0 Å². The molecule has 0 radical (unpaired) electrons. The number of carbonyl (C=O) groups excluding carboxylic acids is 2. The van der Waals surface area contributed by atoms with E-state index in [1.54, 1.807) is 11.3 Å². The Balaban J connectivity index is 1.60. The van der Waals surface area contributed by atoms with E-state index in [2.05, 4.69) is 42.1 Å². The van der Waals surface area contributed by atoms with Gasteiger partial charge in [0.15, 0.2) is 0 Å². The van der Waals surface area contributed by atoms with E-state index in [1.807, 2.05) is 29.7 Å². The number of nitrogens with zero attached hydrogens (tertiary/aromatic N) is 2. The Morgan fingerprint density at radius 1 is 1.31 bits per heavy atom. The number of amides is 2. The molecule has 1 fully saturated rings. The molecule has 0 spiro atoms. The number of rotatable bonds is 8. The lowest BCUT2D eigenvalue weighted by Crippen LogP contribution is -2.65. The van der Waals surface area contributed by atoms with Gasteiger partial charge in [-0.3, -0.25) is 9.59 Å². The summed E-state index contributed by atoms with van der Waals surface area (Å²) >= 11 is 3.58. The molecule has 1 N–H and O–H groups in total. The van der Waals surface area contributed by atoms with Crippen LogP contribution in [-0.2, 0) is 11.3 Å². The van der Waals surface area contributed by atoms with Crippen molar-refractivity contribution in [3.63, 3.8) is 0 Å². The fourth-order valence-corrected chi connectivity index (χ4v) is 6.95. The van der Waals surface area contributed by atoms with Crippen LogP contribution in [0, 0.1) is 11.8 Å². The topological polar surface area (TPSA) is 54.3 Å². The molecule has 0 aromatic carbocycles. The van der Waals surface area contributed by atoms with Gasteiger partial charge in [-0.25, -0.2) is 0 Å². The molecule has 2 aliphatic rings. The number of thiophene rings is 1. The van der Waals surface area contributed by atoms with Crippen LogP contribution in [0.5, 0.6) is 0 Å². The molecular formula is C25H37N3O2S2. The van der Waals surface area contributed by atoms with Crippen LogP contribution in [0.25, 0.3) is 10.2 Å². The highest BCUT2D eigenvalue weighted by molar-refractivity contribution is 7.99. The number of hydrogen-bond donors (Lipinski definition) is 1. The van der Waals surface area contributed by atoms with Crippen LogP contribution in [0.4, 0.5) is 0 Å². The Morgan fingerprint density at radius 2 is 2.12 bits per heavy atom. The number of nitrogens with one attached hydrogen (secondary N) is 1. The summed E-state index contributed by atoms with van der Waals surface area (Å²) in [5.41, 5.74) is 0.904. The number of aromatic nitrogens is 1. The Labute approximate surface area is 200 Å². The molecule has 5 nitrogen and oxygen atoms in total. The summed E-state index contributed by atoms with van der Waals surface area (Å²) in [4.78, 5) is 29.3. The maximum absolute atomic E-state index is 13.8. The summed E-state index contributed by atoms with van der Waals surface area (Å²) in [5.74, 6) is 3.22. The van der Waals surface area contributed by atoms with Gasteiger partial charge in [0, 0.05) is 12.6 Å². The van der Waals surface area contributed by atoms with Crippen molar-refractivity contribution in [3.05, 3.63) is 23.2 Å². The molecule has 3 heterocycles. The first kappa shape index (κ1) is 23.7. The Kier molecular flexibility index (Phi) is 7.25. The van der Waals surface area contributed by atoms with Gasteiger partial charge in [0.25, 0.3) is 5.91 Å².